The summed E-state index contributed by atoms with van der Waals surface area (Å²) in [6.07, 6.45) is -4.59. The predicted molar refractivity (Wildman–Crippen MR) is 57.2 cm³/mol. The average Bonchev–Trinajstić information content (AvgIpc) is 2.15. The maximum atomic E-state index is 11.8. The van der Waals surface area contributed by atoms with Gasteiger partial charge in [0, 0.05) is 5.75 Å². The molecule has 0 amide bonds. The number of nitrogens with two attached hydrogens (primary N) is 1. The van der Waals surface area contributed by atoms with Crippen LogP contribution in [-0.4, -0.2) is 36.3 Å². The van der Waals surface area contributed by atoms with Gasteiger partial charge in [-0.15, -0.1) is 0 Å². The Kier molecular flexibility index (Phi) is 7.57. The lowest BCUT2D eigenvalue weighted by Gasteiger charge is -2.10. The molecule has 2 N–H and O–H groups in total. The number of hydrogen-bond acceptors (Lipinski definition) is 4. The SMILES string of the molecule is CCOC(=O)C(N)CCSCCC(F)(F)F. The molecule has 0 bridgehead atoms. The van der Waals surface area contributed by atoms with Gasteiger partial charge in [-0.3, -0.25) is 4.79 Å². The van der Waals surface area contributed by atoms with E-state index in [1.165, 1.54) is 0 Å². The fraction of sp³-hybridized carbons (Fsp3) is 0.889. The van der Waals surface area contributed by atoms with E-state index in [4.69, 9.17) is 5.73 Å². The van der Waals surface area contributed by atoms with Crippen LogP contribution in [0.15, 0.2) is 0 Å². The lowest BCUT2D eigenvalue weighted by Crippen LogP contribution is -2.32. The topological polar surface area (TPSA) is 52.3 Å². The lowest BCUT2D eigenvalue weighted by atomic mass is 10.2. The largest absolute Gasteiger partial charge is 0.465 e. The van der Waals surface area contributed by atoms with Gasteiger partial charge in [0.2, 0.25) is 0 Å². The van der Waals surface area contributed by atoms with Crippen molar-refractivity contribution in [3.8, 4) is 0 Å². The zero-order chi connectivity index (χ0) is 12.6. The Labute approximate surface area is 96.9 Å². The highest BCUT2D eigenvalue weighted by molar-refractivity contribution is 7.99. The zero-order valence-corrected chi connectivity index (χ0v) is 9.87. The highest BCUT2D eigenvalue weighted by Gasteiger charge is 2.26. The summed E-state index contributed by atoms with van der Waals surface area (Å²) < 4.78 is 39.9. The molecule has 7 heteroatoms. The first-order chi connectivity index (χ1) is 7.37. The van der Waals surface area contributed by atoms with Crippen LogP contribution in [0.5, 0.6) is 0 Å². The molecule has 0 heterocycles. The average molecular weight is 259 g/mol. The maximum Gasteiger partial charge on any atom is 0.389 e. The van der Waals surface area contributed by atoms with Crippen molar-refractivity contribution in [2.24, 2.45) is 5.73 Å². The number of rotatable bonds is 7. The van der Waals surface area contributed by atoms with E-state index < -0.39 is 24.6 Å². The van der Waals surface area contributed by atoms with E-state index in [0.29, 0.717) is 12.2 Å². The van der Waals surface area contributed by atoms with Crippen molar-refractivity contribution >= 4 is 17.7 Å². The Bertz CT molecular complexity index is 211. The third-order valence-electron chi connectivity index (χ3n) is 1.69. The van der Waals surface area contributed by atoms with Crippen LogP contribution in [0.1, 0.15) is 19.8 Å². The molecule has 1 atom stereocenters. The Hall–Kier alpha value is -0.430. The van der Waals surface area contributed by atoms with Gasteiger partial charge in [-0.1, -0.05) is 0 Å². The van der Waals surface area contributed by atoms with E-state index in [1.807, 2.05) is 0 Å². The molecule has 0 fully saturated rings. The van der Waals surface area contributed by atoms with Crippen molar-refractivity contribution in [1.29, 1.82) is 0 Å². The standard InChI is InChI=1S/C9H16F3NO2S/c1-2-15-8(14)7(13)3-5-16-6-4-9(10,11)12/h7H,2-6,13H2,1H3. The van der Waals surface area contributed by atoms with E-state index in [1.54, 1.807) is 6.92 Å². The molecule has 0 aliphatic heterocycles. The summed E-state index contributed by atoms with van der Waals surface area (Å²) >= 11 is 1.14. The molecule has 1 unspecified atom stereocenters. The van der Waals surface area contributed by atoms with Crippen molar-refractivity contribution < 1.29 is 22.7 Å². The summed E-state index contributed by atoms with van der Waals surface area (Å²) in [7, 11) is 0. The highest BCUT2D eigenvalue weighted by atomic mass is 32.2. The summed E-state index contributed by atoms with van der Waals surface area (Å²) in [6, 6.07) is -0.738. The fourth-order valence-electron chi connectivity index (χ4n) is 0.867. The summed E-state index contributed by atoms with van der Waals surface area (Å²) in [4.78, 5) is 11.0. The molecule has 0 radical (unpaired) electrons. The molecule has 3 nitrogen and oxygen atoms in total. The van der Waals surface area contributed by atoms with Crippen molar-refractivity contribution in [1.82, 2.24) is 0 Å². The van der Waals surface area contributed by atoms with Crippen LogP contribution >= 0.6 is 11.8 Å². The minimum atomic E-state index is -4.11. The maximum absolute atomic E-state index is 11.8. The van der Waals surface area contributed by atoms with E-state index in [0.717, 1.165) is 11.8 Å². The molecule has 96 valence electrons. The first-order valence-corrected chi connectivity index (χ1v) is 6.09. The lowest BCUT2D eigenvalue weighted by molar-refractivity contribution is -0.144. The number of ether oxygens (including phenoxy) is 1. The second kappa shape index (κ2) is 7.78. The van der Waals surface area contributed by atoms with Gasteiger partial charge >= 0.3 is 12.1 Å². The molecule has 0 aromatic carbocycles. The zero-order valence-electron chi connectivity index (χ0n) is 9.05. The van der Waals surface area contributed by atoms with Gasteiger partial charge in [0.1, 0.15) is 6.04 Å². The number of esters is 1. The van der Waals surface area contributed by atoms with Crippen molar-refractivity contribution in [2.75, 3.05) is 18.1 Å². The predicted octanol–water partition coefficient (Wildman–Crippen LogP) is 1.95. The Morgan fingerprint density at radius 3 is 2.56 bits per heavy atom. The van der Waals surface area contributed by atoms with Gasteiger partial charge in [-0.05, 0) is 19.1 Å². The second-order valence-corrected chi connectivity index (χ2v) is 4.35. The normalized spacial score (nSPS) is 13.6. The fourth-order valence-corrected chi connectivity index (χ4v) is 1.87. The van der Waals surface area contributed by atoms with Crippen molar-refractivity contribution in [3.05, 3.63) is 0 Å². The number of alkyl halides is 3. The smallest absolute Gasteiger partial charge is 0.389 e. The third kappa shape index (κ3) is 8.84. The second-order valence-electron chi connectivity index (χ2n) is 3.12. The third-order valence-corrected chi connectivity index (χ3v) is 2.71. The first-order valence-electron chi connectivity index (χ1n) is 4.93. The molecular weight excluding hydrogens is 243 g/mol. The van der Waals surface area contributed by atoms with Gasteiger partial charge in [0.25, 0.3) is 0 Å². The highest BCUT2D eigenvalue weighted by Crippen LogP contribution is 2.22. The Morgan fingerprint density at radius 1 is 1.44 bits per heavy atom. The number of halogens is 3. The van der Waals surface area contributed by atoms with Crippen LogP contribution in [0.3, 0.4) is 0 Å². The van der Waals surface area contributed by atoms with Crippen molar-refractivity contribution in [3.63, 3.8) is 0 Å². The summed E-state index contributed by atoms with van der Waals surface area (Å²) in [5.41, 5.74) is 5.46. The van der Waals surface area contributed by atoms with Gasteiger partial charge in [-0.2, -0.15) is 24.9 Å². The minimum absolute atomic E-state index is 0.000947. The summed E-state index contributed by atoms with van der Waals surface area (Å²) in [6.45, 7) is 1.93. The number of carbonyl (C=O) groups is 1. The van der Waals surface area contributed by atoms with E-state index >= 15 is 0 Å². The molecule has 0 saturated carbocycles. The molecular formula is C9H16F3NO2S. The number of hydrogen-bond donors (Lipinski definition) is 1. The Balaban J connectivity index is 3.48. The van der Waals surface area contributed by atoms with Gasteiger partial charge < -0.3 is 10.5 Å². The molecule has 0 aromatic rings. The minimum Gasteiger partial charge on any atom is -0.465 e. The van der Waals surface area contributed by atoms with Crippen LogP contribution < -0.4 is 5.73 Å². The monoisotopic (exact) mass is 259 g/mol. The molecule has 16 heavy (non-hydrogen) atoms. The summed E-state index contributed by atoms with van der Waals surface area (Å²) in [5, 5.41) is 0. The van der Waals surface area contributed by atoms with E-state index in [-0.39, 0.29) is 12.4 Å². The van der Waals surface area contributed by atoms with Crippen LogP contribution in [0.4, 0.5) is 13.2 Å². The molecule has 0 aromatic heterocycles. The van der Waals surface area contributed by atoms with E-state index in [9.17, 15) is 18.0 Å². The molecule has 0 spiro atoms. The van der Waals surface area contributed by atoms with E-state index in [2.05, 4.69) is 4.74 Å². The van der Waals surface area contributed by atoms with Crippen LogP contribution in [0.2, 0.25) is 0 Å². The quantitative estimate of drug-likeness (QED) is 0.561. The van der Waals surface area contributed by atoms with Crippen LogP contribution in [0, 0.1) is 0 Å². The molecule has 0 rings (SSSR count). The molecule has 0 saturated heterocycles. The number of thioether (sulfide) groups is 1. The summed E-state index contributed by atoms with van der Waals surface area (Å²) in [5.74, 6) is -0.0753. The van der Waals surface area contributed by atoms with Gasteiger partial charge in [-0.25, -0.2) is 0 Å². The molecule has 0 aliphatic carbocycles. The Morgan fingerprint density at radius 2 is 2.06 bits per heavy atom. The van der Waals surface area contributed by atoms with Crippen molar-refractivity contribution in [2.45, 2.75) is 32.0 Å². The van der Waals surface area contributed by atoms with Crippen LogP contribution in [-0.2, 0) is 9.53 Å². The molecule has 0 aliphatic rings. The number of carbonyl (C=O) groups excluding carboxylic acids is 1. The van der Waals surface area contributed by atoms with Gasteiger partial charge in [0.15, 0.2) is 0 Å². The first kappa shape index (κ1) is 15.6. The van der Waals surface area contributed by atoms with Crippen LogP contribution in [0.25, 0.3) is 0 Å². The van der Waals surface area contributed by atoms with Gasteiger partial charge in [0.05, 0.1) is 13.0 Å².